The molecule has 1 aliphatic carbocycles. The molecule has 1 aliphatic heterocycles. The second-order valence-corrected chi connectivity index (χ2v) is 12.2. The lowest BCUT2D eigenvalue weighted by Gasteiger charge is -2.28. The molecule has 1 saturated carbocycles. The summed E-state index contributed by atoms with van der Waals surface area (Å²) in [5.74, 6) is -0.881. The first-order valence-electron chi connectivity index (χ1n) is 15.2. The molecule has 2 heterocycles. The Kier molecular flexibility index (Phi) is 8.94. The first kappa shape index (κ1) is 29.8. The number of amides is 2. The van der Waals surface area contributed by atoms with E-state index < -0.39 is 17.2 Å². The van der Waals surface area contributed by atoms with Crippen molar-refractivity contribution in [3.05, 3.63) is 128 Å². The van der Waals surface area contributed by atoms with Crippen LogP contribution in [0.4, 0.5) is 4.39 Å². The fraction of sp³-hybridized carbons (Fsp3) is 0.306. The number of rotatable bonds is 8. The van der Waals surface area contributed by atoms with Crippen molar-refractivity contribution in [1.82, 2.24) is 10.2 Å². The van der Waals surface area contributed by atoms with Crippen LogP contribution in [0.5, 0.6) is 0 Å². The van der Waals surface area contributed by atoms with E-state index in [1.54, 1.807) is 0 Å². The number of para-hydroxylation sites is 1. The summed E-state index contributed by atoms with van der Waals surface area (Å²) >= 11 is 6.10. The highest BCUT2D eigenvalue weighted by atomic mass is 35.5. The highest BCUT2D eigenvalue weighted by Crippen LogP contribution is 2.37. The topological polar surface area (TPSA) is 79.6 Å². The Balaban J connectivity index is 1.20. The van der Waals surface area contributed by atoms with Crippen LogP contribution in [0.1, 0.15) is 71.7 Å². The van der Waals surface area contributed by atoms with Crippen molar-refractivity contribution in [3.63, 3.8) is 0 Å². The molecule has 2 fully saturated rings. The number of carbonyl (C=O) groups is 2. The number of allylic oxidation sites excluding steroid dienone is 1. The summed E-state index contributed by atoms with van der Waals surface area (Å²) < 4.78 is 20.0. The number of hydrogen-bond acceptors (Lipinski definition) is 4. The van der Waals surface area contributed by atoms with Crippen LogP contribution in [0.25, 0.3) is 11.0 Å². The van der Waals surface area contributed by atoms with Gasteiger partial charge in [-0.25, -0.2) is 4.39 Å². The van der Waals surface area contributed by atoms with Gasteiger partial charge >= 0.3 is 0 Å². The van der Waals surface area contributed by atoms with Crippen molar-refractivity contribution in [2.75, 3.05) is 6.54 Å². The molecule has 0 spiro atoms. The molecule has 1 N–H and O–H groups in total. The molecular formula is C36H34ClFN2O4. The Morgan fingerprint density at radius 1 is 1.02 bits per heavy atom. The van der Waals surface area contributed by atoms with Crippen molar-refractivity contribution in [3.8, 4) is 0 Å². The standard InChI is InChI=1S/C36H34ClFN2O4/c37-27-16-12-24(13-17-27)20-28(39-36(43)33-21-32(41)30-7-3-8-31(38)35(30)44-33)19-23-10-14-25(15-11-23)29-6-2-1-5-26(29)22-40-18-4-9-34(40)42/h1-3,5-8,12-13,16-17,19,21,25,28H,4,9-11,14-15,18,20,22H2,(H,39,43)/t25?,28-/m1/s1. The average molecular weight is 613 g/mol. The molecule has 3 aromatic carbocycles. The summed E-state index contributed by atoms with van der Waals surface area (Å²) in [6.45, 7) is 1.49. The number of likely N-dealkylation sites (tertiary alicyclic amines) is 1. The van der Waals surface area contributed by atoms with Crippen LogP contribution in [0, 0.1) is 5.82 Å². The molecule has 2 amide bonds. The fourth-order valence-electron chi connectivity index (χ4n) is 6.42. The lowest BCUT2D eigenvalue weighted by Crippen LogP contribution is -2.36. The first-order valence-corrected chi connectivity index (χ1v) is 15.5. The zero-order valence-corrected chi connectivity index (χ0v) is 25.1. The van der Waals surface area contributed by atoms with Gasteiger partial charge in [-0.05, 0) is 85.4 Å². The maximum atomic E-state index is 14.4. The molecule has 226 valence electrons. The molecule has 1 aromatic heterocycles. The van der Waals surface area contributed by atoms with Gasteiger partial charge in [-0.2, -0.15) is 0 Å². The molecule has 6 nitrogen and oxygen atoms in total. The third-order valence-corrected chi connectivity index (χ3v) is 8.96. The van der Waals surface area contributed by atoms with E-state index in [-0.39, 0.29) is 28.7 Å². The van der Waals surface area contributed by atoms with Gasteiger partial charge in [-0.15, -0.1) is 0 Å². The second-order valence-electron chi connectivity index (χ2n) is 11.7. The molecule has 0 bridgehead atoms. The average Bonchev–Trinajstić information content (AvgIpc) is 3.43. The number of halogens is 2. The van der Waals surface area contributed by atoms with Crippen molar-refractivity contribution in [2.24, 2.45) is 0 Å². The quantitative estimate of drug-likeness (QED) is 0.211. The third kappa shape index (κ3) is 6.78. The third-order valence-electron chi connectivity index (χ3n) is 8.71. The molecule has 1 saturated heterocycles. The maximum Gasteiger partial charge on any atom is 0.287 e. The summed E-state index contributed by atoms with van der Waals surface area (Å²) in [6.07, 6.45) is 7.88. The summed E-state index contributed by atoms with van der Waals surface area (Å²) in [4.78, 5) is 40.2. The van der Waals surface area contributed by atoms with E-state index in [4.69, 9.17) is 16.0 Å². The van der Waals surface area contributed by atoms with Crippen LogP contribution >= 0.6 is 11.6 Å². The van der Waals surface area contributed by atoms with Gasteiger partial charge in [-0.3, -0.25) is 14.4 Å². The van der Waals surface area contributed by atoms with Crippen LogP contribution in [0.3, 0.4) is 0 Å². The van der Waals surface area contributed by atoms with Crippen molar-refractivity contribution >= 4 is 34.4 Å². The van der Waals surface area contributed by atoms with Gasteiger partial charge in [-0.1, -0.05) is 65.7 Å². The van der Waals surface area contributed by atoms with E-state index in [1.807, 2.05) is 35.2 Å². The Bertz CT molecular complexity index is 1770. The van der Waals surface area contributed by atoms with Crippen LogP contribution in [-0.4, -0.2) is 29.3 Å². The van der Waals surface area contributed by atoms with Crippen LogP contribution < -0.4 is 10.7 Å². The minimum absolute atomic E-state index is 0.0896. The molecular weight excluding hydrogens is 579 g/mol. The van der Waals surface area contributed by atoms with Crippen molar-refractivity contribution in [2.45, 2.75) is 63.5 Å². The summed E-state index contributed by atoms with van der Waals surface area (Å²) in [7, 11) is 0. The molecule has 6 rings (SSSR count). The SMILES string of the molecule is O=C(N[C@H](C=C1CCC(c2ccccc2CN2CCCC2=O)CC1)Cc1ccc(Cl)cc1)c1cc(=O)c2cccc(F)c2o1. The highest BCUT2D eigenvalue weighted by Gasteiger charge is 2.25. The number of fused-ring (bicyclic) bond motifs is 1. The second kappa shape index (κ2) is 13.2. The molecule has 44 heavy (non-hydrogen) atoms. The van der Waals surface area contributed by atoms with Gasteiger partial charge < -0.3 is 14.6 Å². The molecule has 1 atom stereocenters. The molecule has 0 radical (unpaired) electrons. The van der Waals surface area contributed by atoms with E-state index >= 15 is 0 Å². The van der Waals surface area contributed by atoms with Gasteiger partial charge in [0.05, 0.1) is 11.4 Å². The van der Waals surface area contributed by atoms with E-state index in [1.165, 1.54) is 34.9 Å². The zero-order chi connectivity index (χ0) is 30.6. The molecule has 2 aliphatic rings. The minimum Gasteiger partial charge on any atom is -0.448 e. The fourth-order valence-corrected chi connectivity index (χ4v) is 6.55. The van der Waals surface area contributed by atoms with Gasteiger partial charge in [0.15, 0.2) is 22.6 Å². The Morgan fingerprint density at radius 2 is 1.80 bits per heavy atom. The van der Waals surface area contributed by atoms with Crippen molar-refractivity contribution < 1.29 is 18.4 Å². The van der Waals surface area contributed by atoms with E-state index in [0.717, 1.165) is 50.3 Å². The van der Waals surface area contributed by atoms with E-state index in [0.29, 0.717) is 30.3 Å². The lowest BCUT2D eigenvalue weighted by atomic mass is 9.79. The number of carbonyl (C=O) groups excluding carboxylic acids is 2. The Morgan fingerprint density at radius 3 is 2.55 bits per heavy atom. The van der Waals surface area contributed by atoms with Gasteiger partial charge in [0.25, 0.3) is 5.91 Å². The summed E-state index contributed by atoms with van der Waals surface area (Å²) in [6, 6.07) is 20.8. The van der Waals surface area contributed by atoms with E-state index in [9.17, 15) is 18.8 Å². The molecule has 8 heteroatoms. The minimum atomic E-state index is -0.695. The normalized spacial score (nSPS) is 17.6. The van der Waals surface area contributed by atoms with Crippen molar-refractivity contribution in [1.29, 1.82) is 0 Å². The zero-order valence-electron chi connectivity index (χ0n) is 24.4. The van der Waals surface area contributed by atoms with Gasteiger partial charge in [0, 0.05) is 30.6 Å². The van der Waals surface area contributed by atoms with Crippen LogP contribution in [-0.2, 0) is 17.8 Å². The number of nitrogens with one attached hydrogen (secondary N) is 1. The summed E-state index contributed by atoms with van der Waals surface area (Å²) in [5, 5.41) is 3.73. The van der Waals surface area contributed by atoms with Crippen LogP contribution in [0.15, 0.2) is 93.7 Å². The van der Waals surface area contributed by atoms with Gasteiger partial charge in [0.2, 0.25) is 5.91 Å². The first-order chi connectivity index (χ1) is 21.3. The highest BCUT2D eigenvalue weighted by molar-refractivity contribution is 6.30. The smallest absolute Gasteiger partial charge is 0.287 e. The molecule has 4 aromatic rings. The number of nitrogens with zero attached hydrogens (tertiary/aromatic N) is 1. The van der Waals surface area contributed by atoms with Gasteiger partial charge in [0.1, 0.15) is 0 Å². The number of benzene rings is 3. The summed E-state index contributed by atoms with van der Waals surface area (Å²) in [5.41, 5.74) is 4.07. The largest absolute Gasteiger partial charge is 0.448 e. The maximum absolute atomic E-state index is 14.4. The predicted molar refractivity (Wildman–Crippen MR) is 169 cm³/mol. The lowest BCUT2D eigenvalue weighted by molar-refractivity contribution is -0.128. The number of hydrogen-bond donors (Lipinski definition) is 1. The predicted octanol–water partition coefficient (Wildman–Crippen LogP) is 7.33. The monoisotopic (exact) mass is 612 g/mol. The molecule has 0 unspecified atom stereocenters. The Labute approximate surface area is 260 Å². The Hall–Kier alpha value is -4.23. The van der Waals surface area contributed by atoms with E-state index in [2.05, 4.69) is 29.6 Å². The van der Waals surface area contributed by atoms with Crippen LogP contribution in [0.2, 0.25) is 5.02 Å².